The van der Waals surface area contributed by atoms with Crippen molar-refractivity contribution in [3.8, 4) is 5.75 Å². The second-order valence-corrected chi connectivity index (χ2v) is 5.43. The molecule has 4 heteroatoms. The van der Waals surface area contributed by atoms with Crippen LogP contribution in [0.1, 0.15) is 38.9 Å². The highest BCUT2D eigenvalue weighted by molar-refractivity contribution is 5.29. The highest BCUT2D eigenvalue weighted by atomic mass is 19.1. The van der Waals surface area contributed by atoms with Crippen molar-refractivity contribution >= 4 is 0 Å². The van der Waals surface area contributed by atoms with Crippen LogP contribution in [0.4, 0.5) is 4.39 Å². The summed E-state index contributed by atoms with van der Waals surface area (Å²) in [5, 5.41) is 19.0. The van der Waals surface area contributed by atoms with E-state index in [2.05, 4.69) is 0 Å². The zero-order valence-corrected chi connectivity index (χ0v) is 10.4. The minimum absolute atomic E-state index is 0.115. The van der Waals surface area contributed by atoms with Crippen molar-refractivity contribution < 1.29 is 14.6 Å². The third-order valence-corrected chi connectivity index (χ3v) is 2.95. The number of halogens is 1. The third kappa shape index (κ3) is 3.68. The Morgan fingerprint density at radius 3 is 2.41 bits per heavy atom. The van der Waals surface area contributed by atoms with E-state index >= 15 is 0 Å². The largest absolute Gasteiger partial charge is 0.505 e. The maximum Gasteiger partial charge on any atom is 0.165 e. The molecule has 4 N–H and O–H groups in total. The highest BCUT2D eigenvalue weighted by Gasteiger charge is 2.24. The number of aliphatic hydroxyl groups excluding tert-OH is 1. The molecule has 0 heterocycles. The van der Waals surface area contributed by atoms with Crippen molar-refractivity contribution in [2.75, 3.05) is 0 Å². The van der Waals surface area contributed by atoms with Crippen LogP contribution in [-0.2, 0) is 0 Å². The minimum Gasteiger partial charge on any atom is -0.505 e. The van der Waals surface area contributed by atoms with Crippen LogP contribution in [0.25, 0.3) is 0 Å². The number of rotatable bonds is 3. The van der Waals surface area contributed by atoms with E-state index in [9.17, 15) is 9.50 Å². The Hall–Kier alpha value is -1.13. The molecule has 2 atom stereocenters. The number of phenolic OH excluding ortho intramolecular Hbond substituents is 1. The van der Waals surface area contributed by atoms with E-state index < -0.39 is 17.7 Å². The molecule has 0 radical (unpaired) electrons. The summed E-state index contributed by atoms with van der Waals surface area (Å²) in [6.07, 6.45) is -0.465. The molecule has 0 saturated carbocycles. The molecule has 0 spiro atoms. The predicted molar refractivity (Wildman–Crippen MR) is 65.1 cm³/mol. The van der Waals surface area contributed by atoms with Crippen molar-refractivity contribution in [3.63, 3.8) is 0 Å². The van der Waals surface area contributed by atoms with E-state index in [4.69, 9.17) is 10.8 Å². The monoisotopic (exact) mass is 241 g/mol. The molecule has 0 amide bonds. The molecule has 17 heavy (non-hydrogen) atoms. The number of aliphatic hydroxyl groups is 1. The van der Waals surface area contributed by atoms with Gasteiger partial charge in [-0.2, -0.15) is 0 Å². The van der Waals surface area contributed by atoms with E-state index in [-0.39, 0.29) is 11.5 Å². The molecule has 3 nitrogen and oxygen atoms in total. The Morgan fingerprint density at radius 1 is 1.35 bits per heavy atom. The standard InChI is InChI=1S/C13H20FNO2/c1-13(2,3)12(15)7-11(17)8-4-5-10(16)9(14)6-8/h4-6,11-12,16-17H,7,15H2,1-3H3/t11-,12+/m0/s1. The Labute approximate surface area is 101 Å². The van der Waals surface area contributed by atoms with E-state index in [1.54, 1.807) is 0 Å². The summed E-state index contributed by atoms with van der Waals surface area (Å²) in [6.45, 7) is 5.96. The van der Waals surface area contributed by atoms with Crippen LogP contribution in [0.3, 0.4) is 0 Å². The Balaban J connectivity index is 2.76. The lowest BCUT2D eigenvalue weighted by Crippen LogP contribution is -2.36. The van der Waals surface area contributed by atoms with Crippen LogP contribution >= 0.6 is 0 Å². The Kier molecular flexibility index (Phi) is 4.11. The molecule has 0 saturated heterocycles. The van der Waals surface area contributed by atoms with Gasteiger partial charge in [0.2, 0.25) is 0 Å². The first kappa shape index (κ1) is 13.9. The average molecular weight is 241 g/mol. The minimum atomic E-state index is -0.820. The first-order valence-electron chi connectivity index (χ1n) is 5.64. The van der Waals surface area contributed by atoms with Gasteiger partial charge in [-0.05, 0) is 29.5 Å². The van der Waals surface area contributed by atoms with E-state index in [1.165, 1.54) is 12.1 Å². The van der Waals surface area contributed by atoms with Gasteiger partial charge >= 0.3 is 0 Å². The van der Waals surface area contributed by atoms with Crippen LogP contribution in [0.5, 0.6) is 5.75 Å². The van der Waals surface area contributed by atoms with Gasteiger partial charge in [-0.15, -0.1) is 0 Å². The first-order valence-corrected chi connectivity index (χ1v) is 5.64. The lowest BCUT2D eigenvalue weighted by molar-refractivity contribution is 0.133. The maximum atomic E-state index is 13.1. The van der Waals surface area contributed by atoms with E-state index in [0.717, 1.165) is 6.07 Å². The van der Waals surface area contributed by atoms with Crippen LogP contribution in [-0.4, -0.2) is 16.3 Å². The summed E-state index contributed by atoms with van der Waals surface area (Å²) in [5.41, 5.74) is 6.27. The topological polar surface area (TPSA) is 66.5 Å². The third-order valence-electron chi connectivity index (χ3n) is 2.95. The van der Waals surface area contributed by atoms with Gasteiger partial charge in [0.05, 0.1) is 6.10 Å². The molecule has 1 aromatic rings. The van der Waals surface area contributed by atoms with Crippen molar-refractivity contribution in [2.45, 2.75) is 39.3 Å². The van der Waals surface area contributed by atoms with Gasteiger partial charge in [-0.3, -0.25) is 0 Å². The average Bonchev–Trinajstić information content (AvgIpc) is 2.20. The molecule has 0 unspecified atom stereocenters. The maximum absolute atomic E-state index is 13.1. The van der Waals surface area contributed by atoms with Gasteiger partial charge in [0.25, 0.3) is 0 Å². The van der Waals surface area contributed by atoms with Crippen LogP contribution in [0.2, 0.25) is 0 Å². The highest BCUT2D eigenvalue weighted by Crippen LogP contribution is 2.28. The van der Waals surface area contributed by atoms with Gasteiger partial charge in [0.1, 0.15) is 0 Å². The van der Waals surface area contributed by atoms with E-state index in [0.29, 0.717) is 12.0 Å². The molecule has 0 aromatic heterocycles. The molecular weight excluding hydrogens is 221 g/mol. The normalized spacial score (nSPS) is 15.6. The second kappa shape index (κ2) is 5.02. The zero-order valence-electron chi connectivity index (χ0n) is 10.4. The van der Waals surface area contributed by atoms with Gasteiger partial charge in [-0.25, -0.2) is 4.39 Å². The van der Waals surface area contributed by atoms with Crippen LogP contribution < -0.4 is 5.73 Å². The fourth-order valence-electron chi connectivity index (χ4n) is 1.46. The van der Waals surface area contributed by atoms with Crippen molar-refractivity contribution in [2.24, 2.45) is 11.1 Å². The summed E-state index contributed by atoms with van der Waals surface area (Å²) in [4.78, 5) is 0. The number of phenols is 1. The summed E-state index contributed by atoms with van der Waals surface area (Å²) in [5.74, 6) is -1.15. The van der Waals surface area contributed by atoms with Gasteiger partial charge in [0.15, 0.2) is 11.6 Å². The lowest BCUT2D eigenvalue weighted by atomic mass is 9.83. The fraction of sp³-hybridized carbons (Fsp3) is 0.538. The lowest BCUT2D eigenvalue weighted by Gasteiger charge is -2.29. The quantitative estimate of drug-likeness (QED) is 0.761. The van der Waals surface area contributed by atoms with E-state index in [1.807, 2.05) is 20.8 Å². The molecule has 1 aromatic carbocycles. The summed E-state index contributed by atoms with van der Waals surface area (Å²) < 4.78 is 13.1. The van der Waals surface area contributed by atoms with Gasteiger partial charge in [0, 0.05) is 6.04 Å². The summed E-state index contributed by atoms with van der Waals surface area (Å²) in [7, 11) is 0. The first-order chi connectivity index (χ1) is 7.71. The number of benzene rings is 1. The fourth-order valence-corrected chi connectivity index (χ4v) is 1.46. The van der Waals surface area contributed by atoms with Gasteiger partial charge < -0.3 is 15.9 Å². The number of aromatic hydroxyl groups is 1. The molecule has 1 rings (SSSR count). The SMILES string of the molecule is CC(C)(C)[C@H](N)C[C@H](O)c1ccc(O)c(F)c1. The zero-order chi connectivity index (χ0) is 13.2. The molecule has 0 fully saturated rings. The molecule has 0 aliphatic heterocycles. The predicted octanol–water partition coefficient (Wildman–Crippen LogP) is 2.33. The van der Waals surface area contributed by atoms with Crippen molar-refractivity contribution in [3.05, 3.63) is 29.6 Å². The van der Waals surface area contributed by atoms with Crippen molar-refractivity contribution in [1.29, 1.82) is 0 Å². The molecule has 0 aliphatic carbocycles. The summed E-state index contributed by atoms with van der Waals surface area (Å²) in [6, 6.07) is 3.68. The molecule has 0 bridgehead atoms. The second-order valence-electron chi connectivity index (χ2n) is 5.43. The van der Waals surface area contributed by atoms with Crippen LogP contribution in [0.15, 0.2) is 18.2 Å². The van der Waals surface area contributed by atoms with Crippen LogP contribution in [0, 0.1) is 11.2 Å². The molecule has 96 valence electrons. The number of hydrogen-bond donors (Lipinski definition) is 3. The number of nitrogens with two attached hydrogens (primary N) is 1. The molecular formula is C13H20FNO2. The Morgan fingerprint density at radius 2 is 1.94 bits per heavy atom. The smallest absolute Gasteiger partial charge is 0.165 e. The number of hydrogen-bond acceptors (Lipinski definition) is 3. The molecule has 0 aliphatic rings. The summed E-state index contributed by atoms with van der Waals surface area (Å²) >= 11 is 0. The van der Waals surface area contributed by atoms with Gasteiger partial charge in [-0.1, -0.05) is 26.8 Å². The van der Waals surface area contributed by atoms with Crippen molar-refractivity contribution in [1.82, 2.24) is 0 Å². The Bertz CT molecular complexity index is 387.